The van der Waals surface area contributed by atoms with Crippen LogP contribution in [0.4, 0.5) is 31.1 Å². The number of hydrogen-bond donors (Lipinski definition) is 1. The summed E-state index contributed by atoms with van der Waals surface area (Å²) in [5.74, 6) is -0.308. The number of halogens is 6. The van der Waals surface area contributed by atoms with Gasteiger partial charge in [-0.3, -0.25) is 0 Å². The van der Waals surface area contributed by atoms with Crippen LogP contribution in [0, 0.1) is 0 Å². The molecule has 0 unspecified atom stereocenters. The Morgan fingerprint density at radius 2 is 1.68 bits per heavy atom. The van der Waals surface area contributed by atoms with Gasteiger partial charge in [-0.15, -0.1) is 6.58 Å². The molecule has 10 heteroatoms. The molecule has 2 amide bonds. The van der Waals surface area contributed by atoms with Crippen LogP contribution < -0.4 is 5.32 Å². The molecule has 0 saturated carbocycles. The molecule has 4 nitrogen and oxygen atoms in total. The summed E-state index contributed by atoms with van der Waals surface area (Å²) in [5, 5.41) is 2.70. The van der Waals surface area contributed by atoms with Gasteiger partial charge in [0.2, 0.25) is 0 Å². The molecule has 34 heavy (non-hydrogen) atoms. The topological polar surface area (TPSA) is 41.6 Å². The molecule has 1 aliphatic rings. The van der Waals surface area contributed by atoms with Crippen LogP contribution in [-0.4, -0.2) is 36.7 Å². The zero-order valence-corrected chi connectivity index (χ0v) is 18.1. The van der Waals surface area contributed by atoms with E-state index in [-0.39, 0.29) is 30.1 Å². The third-order valence-electron chi connectivity index (χ3n) is 5.57. The van der Waals surface area contributed by atoms with Gasteiger partial charge in [0.05, 0.1) is 23.8 Å². The van der Waals surface area contributed by atoms with Crippen molar-refractivity contribution in [3.05, 3.63) is 83.4 Å². The molecule has 0 aromatic heterocycles. The average Bonchev–Trinajstić information content (AvgIpc) is 2.80. The van der Waals surface area contributed by atoms with Crippen molar-refractivity contribution in [2.75, 3.05) is 19.6 Å². The highest BCUT2D eigenvalue weighted by molar-refractivity contribution is 5.74. The summed E-state index contributed by atoms with van der Waals surface area (Å²) in [6.45, 7) is 4.03. The van der Waals surface area contributed by atoms with Gasteiger partial charge in [-0.05, 0) is 35.7 Å². The average molecular weight is 486 g/mol. The minimum Gasteiger partial charge on any atom is -0.373 e. The summed E-state index contributed by atoms with van der Waals surface area (Å²) >= 11 is 0. The van der Waals surface area contributed by atoms with Gasteiger partial charge >= 0.3 is 18.4 Å². The van der Waals surface area contributed by atoms with Crippen LogP contribution >= 0.6 is 0 Å². The number of piperidine rings is 1. The fourth-order valence-electron chi connectivity index (χ4n) is 3.91. The van der Waals surface area contributed by atoms with Crippen LogP contribution in [0.2, 0.25) is 0 Å². The minimum absolute atomic E-state index is 0.0939. The summed E-state index contributed by atoms with van der Waals surface area (Å²) < 4.78 is 84.9. The monoisotopic (exact) mass is 486 g/mol. The lowest BCUT2D eigenvalue weighted by atomic mass is 9.88. The first-order valence-electron chi connectivity index (χ1n) is 10.6. The number of nitrogens with one attached hydrogen (secondary N) is 1. The summed E-state index contributed by atoms with van der Waals surface area (Å²) in [6.07, 6.45) is -8.44. The zero-order chi connectivity index (χ0) is 24.9. The molecule has 184 valence electrons. The Balaban J connectivity index is 1.81. The van der Waals surface area contributed by atoms with E-state index < -0.39 is 36.2 Å². The first kappa shape index (κ1) is 25.6. The highest BCUT2D eigenvalue weighted by Crippen LogP contribution is 2.37. The van der Waals surface area contributed by atoms with Gasteiger partial charge in [0, 0.05) is 25.6 Å². The standard InChI is InChI=1S/C24H24F6N2O2/c1-2-9-31-22(33)32-10-8-21(20(14-32)17-6-4-3-5-7-17)34-15-16-11-18(23(25,26)27)13-19(12-16)24(28,29)30/h2-7,11-13,20-21H,1,8-10,14-15H2,(H,31,33)/t20-,21-/m0/s1. The predicted molar refractivity (Wildman–Crippen MR) is 114 cm³/mol. The van der Waals surface area contributed by atoms with Crippen LogP contribution in [-0.2, 0) is 23.7 Å². The Hall–Kier alpha value is -3.01. The molecule has 2 aromatic carbocycles. The maximum atomic E-state index is 13.2. The largest absolute Gasteiger partial charge is 0.416 e. The second-order valence-corrected chi connectivity index (χ2v) is 7.99. The molecular formula is C24H24F6N2O2. The molecule has 0 spiro atoms. The highest BCUT2D eigenvalue weighted by atomic mass is 19.4. The number of alkyl halides is 6. The zero-order valence-electron chi connectivity index (χ0n) is 18.1. The van der Waals surface area contributed by atoms with Crippen molar-refractivity contribution in [2.24, 2.45) is 0 Å². The summed E-state index contributed by atoms with van der Waals surface area (Å²) in [6, 6.07) is 10.3. The number of carbonyl (C=O) groups excluding carboxylic acids is 1. The van der Waals surface area contributed by atoms with Gasteiger partial charge in [-0.1, -0.05) is 36.4 Å². The van der Waals surface area contributed by atoms with Crippen LogP contribution in [0.25, 0.3) is 0 Å². The molecule has 0 aliphatic carbocycles. The Labute approximate surface area is 193 Å². The first-order valence-corrected chi connectivity index (χ1v) is 10.6. The highest BCUT2D eigenvalue weighted by Gasteiger charge is 2.37. The van der Waals surface area contributed by atoms with E-state index in [0.29, 0.717) is 31.6 Å². The van der Waals surface area contributed by atoms with Crippen molar-refractivity contribution in [3.8, 4) is 0 Å². The first-order chi connectivity index (χ1) is 16.0. The van der Waals surface area contributed by atoms with Crippen molar-refractivity contribution in [1.29, 1.82) is 0 Å². The number of ether oxygens (including phenoxy) is 1. The van der Waals surface area contributed by atoms with E-state index >= 15 is 0 Å². The SMILES string of the molecule is C=CCNC(=O)N1CC[C@H](OCc2cc(C(F)(F)F)cc(C(F)(F)F)c2)[C@H](c2ccccc2)C1. The van der Waals surface area contributed by atoms with Crippen molar-refractivity contribution in [2.45, 2.75) is 37.4 Å². The van der Waals surface area contributed by atoms with E-state index in [1.807, 2.05) is 30.3 Å². The van der Waals surface area contributed by atoms with E-state index in [4.69, 9.17) is 4.74 Å². The molecule has 0 bridgehead atoms. The number of hydrogen-bond acceptors (Lipinski definition) is 2. The predicted octanol–water partition coefficient (Wildman–Crippen LogP) is 5.99. The van der Waals surface area contributed by atoms with Crippen molar-refractivity contribution in [1.82, 2.24) is 10.2 Å². The molecule has 1 N–H and O–H groups in total. The number of urea groups is 1. The molecule has 1 aliphatic heterocycles. The second-order valence-electron chi connectivity index (χ2n) is 7.99. The molecule has 1 saturated heterocycles. The molecule has 1 heterocycles. The fraction of sp³-hybridized carbons (Fsp3) is 0.375. The van der Waals surface area contributed by atoms with E-state index in [1.54, 1.807) is 11.0 Å². The maximum absolute atomic E-state index is 13.2. The summed E-state index contributed by atoms with van der Waals surface area (Å²) in [7, 11) is 0. The molecule has 2 atom stereocenters. The van der Waals surface area contributed by atoms with Gasteiger partial charge in [0.25, 0.3) is 0 Å². The lowest BCUT2D eigenvalue weighted by molar-refractivity contribution is -0.143. The molecule has 1 fully saturated rings. The molecule has 3 rings (SSSR count). The number of likely N-dealkylation sites (tertiary alicyclic amines) is 1. The summed E-state index contributed by atoms with van der Waals surface area (Å²) in [4.78, 5) is 14.0. The van der Waals surface area contributed by atoms with E-state index in [9.17, 15) is 31.1 Å². The molecule has 0 radical (unpaired) electrons. The Kier molecular flexibility index (Phi) is 7.91. The van der Waals surface area contributed by atoms with Gasteiger partial charge in [0.15, 0.2) is 0 Å². The quantitative estimate of drug-likeness (QED) is 0.402. The number of rotatable bonds is 6. The smallest absolute Gasteiger partial charge is 0.373 e. The van der Waals surface area contributed by atoms with Crippen LogP contribution in [0.1, 0.15) is 34.6 Å². The van der Waals surface area contributed by atoms with Gasteiger partial charge in [0.1, 0.15) is 0 Å². The number of benzene rings is 2. The van der Waals surface area contributed by atoms with Gasteiger partial charge in [-0.25, -0.2) is 4.79 Å². The Morgan fingerprint density at radius 1 is 1.06 bits per heavy atom. The van der Waals surface area contributed by atoms with Crippen molar-refractivity contribution >= 4 is 6.03 Å². The van der Waals surface area contributed by atoms with E-state index in [2.05, 4.69) is 11.9 Å². The van der Waals surface area contributed by atoms with Crippen LogP contribution in [0.5, 0.6) is 0 Å². The summed E-state index contributed by atoms with van der Waals surface area (Å²) in [5.41, 5.74) is -2.13. The number of carbonyl (C=O) groups is 1. The third-order valence-corrected chi connectivity index (χ3v) is 5.57. The molecule has 2 aromatic rings. The van der Waals surface area contributed by atoms with Crippen molar-refractivity contribution < 1.29 is 35.9 Å². The molecular weight excluding hydrogens is 462 g/mol. The van der Waals surface area contributed by atoms with E-state index in [1.165, 1.54) is 0 Å². The lowest BCUT2D eigenvalue weighted by Gasteiger charge is -2.38. The fourth-order valence-corrected chi connectivity index (χ4v) is 3.91. The normalized spacial score (nSPS) is 19.1. The number of nitrogens with zero attached hydrogens (tertiary/aromatic N) is 1. The minimum atomic E-state index is -4.92. The number of amides is 2. The Morgan fingerprint density at radius 3 is 2.24 bits per heavy atom. The van der Waals surface area contributed by atoms with Crippen LogP contribution in [0.3, 0.4) is 0 Å². The van der Waals surface area contributed by atoms with Gasteiger partial charge in [-0.2, -0.15) is 26.3 Å². The second kappa shape index (κ2) is 10.5. The Bertz CT molecular complexity index is 959. The maximum Gasteiger partial charge on any atom is 0.416 e. The van der Waals surface area contributed by atoms with Gasteiger partial charge < -0.3 is 15.0 Å². The third kappa shape index (κ3) is 6.53. The van der Waals surface area contributed by atoms with Crippen molar-refractivity contribution in [3.63, 3.8) is 0 Å². The lowest BCUT2D eigenvalue weighted by Crippen LogP contribution is -2.49. The van der Waals surface area contributed by atoms with E-state index in [0.717, 1.165) is 5.56 Å². The van der Waals surface area contributed by atoms with Crippen LogP contribution in [0.15, 0.2) is 61.2 Å².